The maximum atomic E-state index is 13.0. The van der Waals surface area contributed by atoms with Crippen molar-refractivity contribution in [2.75, 3.05) is 13.1 Å². The van der Waals surface area contributed by atoms with Crippen LogP contribution in [0.4, 0.5) is 4.39 Å². The van der Waals surface area contributed by atoms with Crippen molar-refractivity contribution in [3.63, 3.8) is 0 Å². The van der Waals surface area contributed by atoms with E-state index in [1.807, 2.05) is 13.8 Å². The molecule has 0 aliphatic carbocycles. The number of amides is 1. The topological polar surface area (TPSA) is 55.6 Å². The molecule has 0 radical (unpaired) electrons. The van der Waals surface area contributed by atoms with E-state index < -0.39 is 6.04 Å². The molecule has 122 valence electrons. The summed E-state index contributed by atoms with van der Waals surface area (Å²) in [4.78, 5) is 14.0. The van der Waals surface area contributed by atoms with E-state index in [0.29, 0.717) is 31.7 Å². The summed E-state index contributed by atoms with van der Waals surface area (Å²) in [6, 6.07) is 3.63. The number of hydrogen-bond donors (Lipinski definition) is 1. The predicted molar refractivity (Wildman–Crippen MR) is 84.5 cm³/mol. The lowest BCUT2D eigenvalue weighted by molar-refractivity contribution is -0.135. The minimum atomic E-state index is -0.455. The zero-order chi connectivity index (χ0) is 16.3. The third kappa shape index (κ3) is 4.11. The minimum absolute atomic E-state index is 0.00624. The normalized spacial score (nSPS) is 17.6. The van der Waals surface area contributed by atoms with Crippen molar-refractivity contribution >= 4 is 17.5 Å². The smallest absolute Gasteiger partial charge is 0.239 e. The monoisotopic (exact) mass is 328 g/mol. The van der Waals surface area contributed by atoms with Crippen molar-refractivity contribution in [2.24, 2.45) is 11.7 Å². The maximum Gasteiger partial charge on any atom is 0.239 e. The lowest BCUT2D eigenvalue weighted by Crippen LogP contribution is -2.50. The van der Waals surface area contributed by atoms with E-state index >= 15 is 0 Å². The Bertz CT molecular complexity index is 531. The number of carbonyl (C=O) groups is 1. The molecule has 0 saturated carbocycles. The van der Waals surface area contributed by atoms with Gasteiger partial charge in [-0.25, -0.2) is 4.39 Å². The molecule has 1 aliphatic rings. The number of halogens is 2. The molecule has 0 unspecified atom stereocenters. The van der Waals surface area contributed by atoms with Gasteiger partial charge in [-0.1, -0.05) is 25.4 Å². The number of ether oxygens (including phenoxy) is 1. The molecule has 1 heterocycles. The van der Waals surface area contributed by atoms with Gasteiger partial charge < -0.3 is 15.4 Å². The third-order valence-corrected chi connectivity index (χ3v) is 4.24. The molecule has 0 bridgehead atoms. The predicted octanol–water partition coefficient (Wildman–Crippen LogP) is 2.83. The molecule has 1 fully saturated rings. The van der Waals surface area contributed by atoms with E-state index in [-0.39, 0.29) is 28.8 Å². The molecule has 1 atom stereocenters. The molecule has 2 rings (SSSR count). The molecule has 1 aliphatic heterocycles. The second-order valence-corrected chi connectivity index (χ2v) is 6.39. The summed E-state index contributed by atoms with van der Waals surface area (Å²) < 4.78 is 18.8. The van der Waals surface area contributed by atoms with Gasteiger partial charge >= 0.3 is 0 Å². The molecule has 0 aromatic heterocycles. The Balaban J connectivity index is 1.88. The molecule has 22 heavy (non-hydrogen) atoms. The van der Waals surface area contributed by atoms with Crippen LogP contribution in [0.5, 0.6) is 5.75 Å². The lowest BCUT2D eigenvalue weighted by atomic mass is 10.0. The van der Waals surface area contributed by atoms with Crippen LogP contribution in [0.3, 0.4) is 0 Å². The molecule has 0 spiro atoms. The number of hydrogen-bond acceptors (Lipinski definition) is 3. The van der Waals surface area contributed by atoms with Crippen LogP contribution in [0.2, 0.25) is 5.02 Å². The van der Waals surface area contributed by atoms with Gasteiger partial charge in [-0.15, -0.1) is 0 Å². The summed E-state index contributed by atoms with van der Waals surface area (Å²) in [6.45, 7) is 5.11. The van der Waals surface area contributed by atoms with E-state index in [1.165, 1.54) is 18.2 Å². The lowest BCUT2D eigenvalue weighted by Gasteiger charge is -2.34. The van der Waals surface area contributed by atoms with Crippen molar-refractivity contribution < 1.29 is 13.9 Å². The van der Waals surface area contributed by atoms with Crippen molar-refractivity contribution in [1.29, 1.82) is 0 Å². The Hall–Kier alpha value is -1.33. The third-order valence-electron chi connectivity index (χ3n) is 3.94. The number of carbonyl (C=O) groups excluding carboxylic acids is 1. The largest absolute Gasteiger partial charge is 0.489 e. The SMILES string of the molecule is CC(C)[C@H](N)C(=O)N1CCC(Oc2ccc(F)cc2Cl)CC1. The molecular weight excluding hydrogens is 307 g/mol. The van der Waals surface area contributed by atoms with Crippen LogP contribution in [0.15, 0.2) is 18.2 Å². The second-order valence-electron chi connectivity index (χ2n) is 5.99. The van der Waals surface area contributed by atoms with E-state index in [0.717, 1.165) is 0 Å². The van der Waals surface area contributed by atoms with Crippen LogP contribution in [0, 0.1) is 11.7 Å². The summed E-state index contributed by atoms with van der Waals surface area (Å²) in [6.07, 6.45) is 1.40. The Morgan fingerprint density at radius 2 is 2.05 bits per heavy atom. The number of nitrogens with two attached hydrogens (primary N) is 1. The Labute approximate surface area is 135 Å². The second kappa shape index (κ2) is 7.29. The quantitative estimate of drug-likeness (QED) is 0.924. The van der Waals surface area contributed by atoms with Crippen LogP contribution in [0.1, 0.15) is 26.7 Å². The van der Waals surface area contributed by atoms with Gasteiger partial charge in [-0.2, -0.15) is 0 Å². The molecule has 1 aromatic rings. The highest BCUT2D eigenvalue weighted by Crippen LogP contribution is 2.28. The first-order valence-corrected chi connectivity index (χ1v) is 7.92. The summed E-state index contributed by atoms with van der Waals surface area (Å²) in [5.74, 6) is 0.208. The first-order chi connectivity index (χ1) is 10.4. The average Bonchev–Trinajstić information content (AvgIpc) is 2.49. The van der Waals surface area contributed by atoms with Crippen LogP contribution >= 0.6 is 11.6 Å². The van der Waals surface area contributed by atoms with Gasteiger partial charge in [0.05, 0.1) is 11.1 Å². The van der Waals surface area contributed by atoms with E-state index in [2.05, 4.69) is 0 Å². The molecule has 6 heteroatoms. The summed E-state index contributed by atoms with van der Waals surface area (Å²) >= 11 is 5.96. The van der Waals surface area contributed by atoms with Gasteiger partial charge in [0.15, 0.2) is 0 Å². The zero-order valence-electron chi connectivity index (χ0n) is 12.9. The highest BCUT2D eigenvalue weighted by molar-refractivity contribution is 6.32. The Morgan fingerprint density at radius 3 is 2.59 bits per heavy atom. The van der Waals surface area contributed by atoms with Crippen molar-refractivity contribution in [3.05, 3.63) is 29.0 Å². The molecular formula is C16H22ClFN2O2. The van der Waals surface area contributed by atoms with Gasteiger partial charge in [0.25, 0.3) is 0 Å². The highest BCUT2D eigenvalue weighted by atomic mass is 35.5. The molecule has 4 nitrogen and oxygen atoms in total. The fraction of sp³-hybridized carbons (Fsp3) is 0.562. The minimum Gasteiger partial charge on any atom is -0.489 e. The zero-order valence-corrected chi connectivity index (χ0v) is 13.6. The van der Waals surface area contributed by atoms with Crippen molar-refractivity contribution in [2.45, 2.75) is 38.8 Å². The van der Waals surface area contributed by atoms with E-state index in [1.54, 1.807) is 4.90 Å². The van der Waals surface area contributed by atoms with Gasteiger partial charge in [0, 0.05) is 25.9 Å². The van der Waals surface area contributed by atoms with E-state index in [9.17, 15) is 9.18 Å². The number of piperidine rings is 1. The van der Waals surface area contributed by atoms with Gasteiger partial charge in [0.2, 0.25) is 5.91 Å². The maximum absolute atomic E-state index is 13.0. The molecule has 1 aromatic carbocycles. The van der Waals surface area contributed by atoms with E-state index in [4.69, 9.17) is 22.1 Å². The van der Waals surface area contributed by atoms with Crippen LogP contribution in [-0.4, -0.2) is 36.0 Å². The van der Waals surface area contributed by atoms with Crippen molar-refractivity contribution in [3.8, 4) is 5.75 Å². The van der Waals surface area contributed by atoms with Crippen molar-refractivity contribution in [1.82, 2.24) is 4.90 Å². The highest BCUT2D eigenvalue weighted by Gasteiger charge is 2.28. The number of rotatable bonds is 4. The average molecular weight is 329 g/mol. The number of benzene rings is 1. The fourth-order valence-corrected chi connectivity index (χ4v) is 2.65. The standard InChI is InChI=1S/C16H22ClFN2O2/c1-10(2)15(19)16(21)20-7-5-12(6-8-20)22-14-4-3-11(18)9-13(14)17/h3-4,9-10,12,15H,5-8,19H2,1-2H3/t15-/m0/s1. The van der Waals surface area contributed by atoms with Crippen LogP contribution < -0.4 is 10.5 Å². The number of likely N-dealkylation sites (tertiary alicyclic amines) is 1. The number of nitrogens with zero attached hydrogens (tertiary/aromatic N) is 1. The molecule has 2 N–H and O–H groups in total. The summed E-state index contributed by atoms with van der Waals surface area (Å²) in [7, 11) is 0. The summed E-state index contributed by atoms with van der Waals surface area (Å²) in [5, 5.41) is 0.264. The fourth-order valence-electron chi connectivity index (χ4n) is 2.44. The van der Waals surface area contributed by atoms with Crippen LogP contribution in [0.25, 0.3) is 0 Å². The van der Waals surface area contributed by atoms with Crippen LogP contribution in [-0.2, 0) is 4.79 Å². The van der Waals surface area contributed by atoms with Gasteiger partial charge in [0.1, 0.15) is 17.7 Å². The van der Waals surface area contributed by atoms with Gasteiger partial charge in [-0.05, 0) is 24.1 Å². The molecule has 1 amide bonds. The first-order valence-electron chi connectivity index (χ1n) is 7.54. The summed E-state index contributed by atoms with van der Waals surface area (Å²) in [5.41, 5.74) is 5.91. The molecule has 1 saturated heterocycles. The Morgan fingerprint density at radius 1 is 1.41 bits per heavy atom. The Kier molecular flexibility index (Phi) is 5.64. The first kappa shape index (κ1) is 17.0. The van der Waals surface area contributed by atoms with Gasteiger partial charge in [-0.3, -0.25) is 4.79 Å².